The van der Waals surface area contributed by atoms with Crippen LogP contribution in [0.25, 0.3) is 0 Å². The van der Waals surface area contributed by atoms with Gasteiger partial charge in [0.25, 0.3) is 5.69 Å². The summed E-state index contributed by atoms with van der Waals surface area (Å²) in [5.41, 5.74) is -0.908. The van der Waals surface area contributed by atoms with E-state index in [0.717, 1.165) is 19.4 Å². The molecule has 0 saturated carbocycles. The van der Waals surface area contributed by atoms with E-state index in [9.17, 15) is 25.1 Å². The molecule has 104 valence electrons. The molecule has 0 saturated heterocycles. The van der Waals surface area contributed by atoms with Gasteiger partial charge in [0.05, 0.1) is 29.6 Å². The van der Waals surface area contributed by atoms with Crippen LogP contribution in [0.3, 0.4) is 0 Å². The van der Waals surface area contributed by atoms with Gasteiger partial charge in [0, 0.05) is 12.3 Å². The Balaban J connectivity index is 3.01. The summed E-state index contributed by atoms with van der Waals surface area (Å²) in [7, 11) is 1.12. The highest BCUT2D eigenvalue weighted by Gasteiger charge is 2.29. The second kappa shape index (κ2) is 6.41. The second-order valence-electron chi connectivity index (χ2n) is 3.61. The molecule has 8 nitrogen and oxygen atoms in total. The van der Waals surface area contributed by atoms with Crippen LogP contribution in [0, 0.1) is 10.1 Å². The van der Waals surface area contributed by atoms with Crippen LogP contribution in [0.15, 0.2) is 12.3 Å². The van der Waals surface area contributed by atoms with Crippen molar-refractivity contribution in [2.45, 2.75) is 18.6 Å². The van der Waals surface area contributed by atoms with Crippen molar-refractivity contribution in [1.29, 1.82) is 0 Å². The van der Waals surface area contributed by atoms with E-state index >= 15 is 0 Å². The highest BCUT2D eigenvalue weighted by atomic mass is 35.5. The molecule has 2 atom stereocenters. The fourth-order valence-corrected chi connectivity index (χ4v) is 1.51. The maximum atomic E-state index is 11.0. The van der Waals surface area contributed by atoms with Gasteiger partial charge in [0.15, 0.2) is 0 Å². The number of nitrogens with zero attached hydrogens (tertiary/aromatic N) is 2. The topological polar surface area (TPSA) is 123 Å². The van der Waals surface area contributed by atoms with E-state index in [-0.39, 0.29) is 10.7 Å². The summed E-state index contributed by atoms with van der Waals surface area (Å²) in [6.07, 6.45) is -2.69. The van der Waals surface area contributed by atoms with E-state index < -0.39 is 35.2 Å². The van der Waals surface area contributed by atoms with Crippen molar-refractivity contribution in [3.63, 3.8) is 0 Å². The summed E-state index contributed by atoms with van der Waals surface area (Å²) in [5.74, 6) is -0.761. The van der Waals surface area contributed by atoms with Gasteiger partial charge in [-0.3, -0.25) is 14.9 Å². The average Bonchev–Trinajstić information content (AvgIpc) is 2.37. The fraction of sp³-hybridized carbons (Fsp3) is 0.400. The van der Waals surface area contributed by atoms with Crippen molar-refractivity contribution < 1.29 is 24.7 Å². The number of esters is 1. The zero-order chi connectivity index (χ0) is 14.6. The number of ether oxygens (including phenoxy) is 1. The summed E-state index contributed by atoms with van der Waals surface area (Å²) in [4.78, 5) is 24.6. The smallest absolute Gasteiger partial charge is 0.308 e. The molecule has 0 aliphatic heterocycles. The highest BCUT2D eigenvalue weighted by Crippen LogP contribution is 2.28. The summed E-state index contributed by atoms with van der Waals surface area (Å²) >= 11 is 5.57. The first-order valence-electron chi connectivity index (χ1n) is 5.09. The van der Waals surface area contributed by atoms with Crippen LogP contribution in [0.5, 0.6) is 0 Å². The Hall–Kier alpha value is -1.77. The lowest BCUT2D eigenvalue weighted by Gasteiger charge is -2.16. The molecule has 9 heteroatoms. The van der Waals surface area contributed by atoms with Gasteiger partial charge >= 0.3 is 5.97 Å². The monoisotopic (exact) mass is 290 g/mol. The molecule has 1 rings (SSSR count). The Bertz CT molecular complexity index is 495. The number of rotatable bonds is 5. The molecule has 1 heterocycles. The zero-order valence-electron chi connectivity index (χ0n) is 9.82. The van der Waals surface area contributed by atoms with Crippen molar-refractivity contribution in [3.8, 4) is 0 Å². The van der Waals surface area contributed by atoms with Crippen LogP contribution in [0.1, 0.15) is 18.2 Å². The maximum absolute atomic E-state index is 11.0. The molecule has 2 unspecified atom stereocenters. The third-order valence-corrected chi connectivity index (χ3v) is 2.52. The fourth-order valence-electron chi connectivity index (χ4n) is 1.36. The minimum absolute atomic E-state index is 0.0186. The molecule has 19 heavy (non-hydrogen) atoms. The van der Waals surface area contributed by atoms with Gasteiger partial charge in [-0.05, 0) is 0 Å². The second-order valence-corrected chi connectivity index (χ2v) is 4.04. The summed E-state index contributed by atoms with van der Waals surface area (Å²) < 4.78 is 4.32. The largest absolute Gasteiger partial charge is 0.469 e. The molecule has 0 fully saturated rings. The highest BCUT2D eigenvalue weighted by molar-refractivity contribution is 6.30. The van der Waals surface area contributed by atoms with Gasteiger partial charge in [-0.1, -0.05) is 11.6 Å². The molecule has 0 amide bonds. The number of aliphatic hydroxyl groups excluding tert-OH is 2. The standard InChI is InChI=1S/C10H11ClN2O6/c1-19-8(15)3-7(14)10(16)9-6(13(17)18)2-5(11)4-12-9/h2,4,7,10,14,16H,3H2,1H3. The molecule has 0 aliphatic carbocycles. The number of carbonyl (C=O) groups is 1. The summed E-state index contributed by atoms with van der Waals surface area (Å²) in [5, 5.41) is 30.2. The molecule has 1 aromatic rings. The number of aromatic nitrogens is 1. The number of hydrogen-bond donors (Lipinski definition) is 2. The molecule has 0 aromatic carbocycles. The predicted octanol–water partition coefficient (Wildman–Crippen LogP) is 0.601. The first kappa shape index (κ1) is 15.3. The van der Waals surface area contributed by atoms with E-state index in [4.69, 9.17) is 11.6 Å². The Morgan fingerprint density at radius 2 is 2.26 bits per heavy atom. The summed E-state index contributed by atoms with van der Waals surface area (Å²) in [6.45, 7) is 0. The molecule has 0 bridgehead atoms. The lowest BCUT2D eigenvalue weighted by atomic mass is 10.1. The lowest BCUT2D eigenvalue weighted by molar-refractivity contribution is -0.386. The number of pyridine rings is 1. The van der Waals surface area contributed by atoms with Gasteiger partial charge in [-0.25, -0.2) is 4.98 Å². The quantitative estimate of drug-likeness (QED) is 0.462. The zero-order valence-corrected chi connectivity index (χ0v) is 10.6. The number of methoxy groups -OCH3 is 1. The van der Waals surface area contributed by atoms with Crippen molar-refractivity contribution >= 4 is 23.3 Å². The SMILES string of the molecule is COC(=O)CC(O)C(O)c1ncc(Cl)cc1[N+](=O)[O-]. The van der Waals surface area contributed by atoms with Gasteiger partial charge in [0.1, 0.15) is 11.8 Å². The normalized spacial score (nSPS) is 13.7. The maximum Gasteiger partial charge on any atom is 0.308 e. The van der Waals surface area contributed by atoms with Crippen LogP contribution in [0.4, 0.5) is 5.69 Å². The average molecular weight is 291 g/mol. The van der Waals surface area contributed by atoms with Crippen molar-refractivity contribution in [1.82, 2.24) is 4.98 Å². The van der Waals surface area contributed by atoms with Crippen LogP contribution in [-0.4, -0.2) is 39.3 Å². The number of halogens is 1. The number of hydrogen-bond acceptors (Lipinski definition) is 7. The Labute approximate surface area is 112 Å². The Morgan fingerprint density at radius 1 is 1.63 bits per heavy atom. The van der Waals surface area contributed by atoms with Crippen LogP contribution in [0.2, 0.25) is 5.02 Å². The van der Waals surface area contributed by atoms with E-state index in [1.54, 1.807) is 0 Å². The van der Waals surface area contributed by atoms with Crippen LogP contribution < -0.4 is 0 Å². The first-order chi connectivity index (χ1) is 8.86. The lowest BCUT2D eigenvalue weighted by Crippen LogP contribution is -2.24. The van der Waals surface area contributed by atoms with E-state index in [1.807, 2.05) is 0 Å². The van der Waals surface area contributed by atoms with Crippen LogP contribution in [-0.2, 0) is 9.53 Å². The molecule has 0 radical (unpaired) electrons. The molecular weight excluding hydrogens is 280 g/mol. The Kier molecular flexibility index (Phi) is 5.16. The van der Waals surface area contributed by atoms with Gasteiger partial charge in [0.2, 0.25) is 0 Å². The third kappa shape index (κ3) is 3.85. The van der Waals surface area contributed by atoms with Gasteiger partial charge < -0.3 is 14.9 Å². The van der Waals surface area contributed by atoms with E-state index in [2.05, 4.69) is 9.72 Å². The van der Waals surface area contributed by atoms with Crippen molar-refractivity contribution in [2.24, 2.45) is 0 Å². The molecule has 1 aromatic heterocycles. The minimum Gasteiger partial charge on any atom is -0.469 e. The minimum atomic E-state index is -1.70. The molecular formula is C10H11ClN2O6. The molecule has 0 spiro atoms. The molecule has 2 N–H and O–H groups in total. The number of carbonyl (C=O) groups excluding carboxylic acids is 1. The van der Waals surface area contributed by atoms with Crippen LogP contribution >= 0.6 is 11.6 Å². The first-order valence-corrected chi connectivity index (χ1v) is 5.47. The Morgan fingerprint density at radius 3 is 2.79 bits per heavy atom. The predicted molar refractivity (Wildman–Crippen MR) is 63.5 cm³/mol. The summed E-state index contributed by atoms with van der Waals surface area (Å²) in [6, 6.07) is 0.998. The van der Waals surface area contributed by atoms with Gasteiger partial charge in [-0.2, -0.15) is 0 Å². The van der Waals surface area contributed by atoms with Crippen molar-refractivity contribution in [2.75, 3.05) is 7.11 Å². The van der Waals surface area contributed by atoms with Gasteiger partial charge in [-0.15, -0.1) is 0 Å². The third-order valence-electron chi connectivity index (χ3n) is 2.31. The van der Waals surface area contributed by atoms with Crippen molar-refractivity contribution in [3.05, 3.63) is 33.1 Å². The van der Waals surface area contributed by atoms with E-state index in [0.29, 0.717) is 0 Å². The number of nitro groups is 1. The number of aliphatic hydroxyl groups is 2. The molecule has 0 aliphatic rings. The van der Waals surface area contributed by atoms with E-state index in [1.165, 1.54) is 0 Å².